The van der Waals surface area contributed by atoms with Crippen molar-refractivity contribution in [2.24, 2.45) is 0 Å². The van der Waals surface area contributed by atoms with Crippen LogP contribution < -0.4 is 0 Å². The minimum Gasteiger partial charge on any atom is -0.166 e. The van der Waals surface area contributed by atoms with Crippen LogP contribution in [0.5, 0.6) is 0 Å². The summed E-state index contributed by atoms with van der Waals surface area (Å²) in [6.07, 6.45) is -8.93. The van der Waals surface area contributed by atoms with Gasteiger partial charge in [-0.25, -0.2) is 0 Å². The lowest BCUT2D eigenvalue weighted by molar-refractivity contribution is -0.138. The number of alkyl halides is 6. The molecule has 12 rings (SSSR count). The summed E-state index contributed by atoms with van der Waals surface area (Å²) in [6.45, 7) is 4.13. The Morgan fingerprint density at radius 1 is 0.229 bits per heavy atom. The van der Waals surface area contributed by atoms with Gasteiger partial charge in [-0.2, -0.15) is 26.3 Å². The second-order valence-electron chi connectivity index (χ2n) is 18.4. The first kappa shape index (κ1) is 43.1. The number of rotatable bonds is 5. The number of benzene rings is 12. The van der Waals surface area contributed by atoms with E-state index >= 15 is 0 Å². The Kier molecular flexibility index (Phi) is 9.97. The van der Waals surface area contributed by atoms with Gasteiger partial charge in [0.25, 0.3) is 0 Å². The van der Waals surface area contributed by atoms with E-state index in [-0.39, 0.29) is 0 Å². The average Bonchev–Trinajstić information content (AvgIpc) is 3.37. The smallest absolute Gasteiger partial charge is 0.166 e. The summed E-state index contributed by atoms with van der Waals surface area (Å²) in [6, 6.07) is 65.8. The van der Waals surface area contributed by atoms with E-state index in [0.29, 0.717) is 11.1 Å². The van der Waals surface area contributed by atoms with Gasteiger partial charge in [-0.3, -0.25) is 0 Å². The van der Waals surface area contributed by atoms with Crippen LogP contribution >= 0.6 is 0 Å². The van der Waals surface area contributed by atoms with Crippen LogP contribution in [0.2, 0.25) is 0 Å². The molecule has 0 saturated heterocycles. The van der Waals surface area contributed by atoms with Crippen molar-refractivity contribution in [3.8, 4) is 55.6 Å². The second kappa shape index (κ2) is 16.2. The van der Waals surface area contributed by atoms with Gasteiger partial charge in [0.05, 0.1) is 11.1 Å². The van der Waals surface area contributed by atoms with Gasteiger partial charge >= 0.3 is 12.4 Å². The predicted molar refractivity (Wildman–Crippen MR) is 278 cm³/mol. The lowest BCUT2D eigenvalue weighted by Gasteiger charge is -2.18. The Bertz CT molecular complexity index is 4050. The van der Waals surface area contributed by atoms with Crippen LogP contribution in [0.1, 0.15) is 22.3 Å². The van der Waals surface area contributed by atoms with E-state index in [9.17, 15) is 26.3 Å². The first-order valence-corrected chi connectivity index (χ1v) is 23.1. The van der Waals surface area contributed by atoms with Crippen LogP contribution in [-0.2, 0) is 12.4 Å². The summed E-state index contributed by atoms with van der Waals surface area (Å²) in [5.74, 6) is 0. The van der Waals surface area contributed by atoms with Gasteiger partial charge in [0.15, 0.2) is 0 Å². The minimum atomic E-state index is -4.47. The van der Waals surface area contributed by atoms with E-state index in [1.165, 1.54) is 0 Å². The molecule has 0 unspecified atom stereocenters. The van der Waals surface area contributed by atoms with Gasteiger partial charge in [0.1, 0.15) is 0 Å². The van der Waals surface area contributed by atoms with Crippen LogP contribution in [0, 0.1) is 13.8 Å². The van der Waals surface area contributed by atoms with Crippen molar-refractivity contribution in [3.05, 3.63) is 229 Å². The van der Waals surface area contributed by atoms with Crippen LogP contribution in [-0.4, -0.2) is 0 Å². The molecular formula is C64H40F6. The fourth-order valence-electron chi connectivity index (χ4n) is 10.5. The molecule has 0 aliphatic heterocycles. The SMILES string of the molecule is Cc1ccc(-c2cc3c4cc(-c5ccc6c(-c7ccc(C)cc7)cc7c8ccccc8c(-c8ccc(C(F)(F)F)cc8)cc7c6c5)ccc4c(-c4ccc(C(F)(F)F)cc4)cc3c3ccccc23)cc1. The van der Waals surface area contributed by atoms with Gasteiger partial charge < -0.3 is 0 Å². The molecule has 0 aliphatic carbocycles. The van der Waals surface area contributed by atoms with Crippen LogP contribution in [0.15, 0.2) is 206 Å². The molecular weight excluding hydrogens is 883 g/mol. The lowest BCUT2D eigenvalue weighted by Crippen LogP contribution is -2.04. The number of hydrogen-bond donors (Lipinski definition) is 0. The molecule has 0 fully saturated rings. The van der Waals surface area contributed by atoms with Gasteiger partial charge in [0.2, 0.25) is 0 Å². The second-order valence-corrected chi connectivity index (χ2v) is 18.4. The normalized spacial score (nSPS) is 12.3. The Labute approximate surface area is 399 Å². The maximum Gasteiger partial charge on any atom is 0.416 e. The van der Waals surface area contributed by atoms with Crippen molar-refractivity contribution in [1.82, 2.24) is 0 Å². The molecule has 0 atom stereocenters. The van der Waals surface area contributed by atoms with Crippen LogP contribution in [0.25, 0.3) is 120 Å². The molecule has 6 heteroatoms. The Morgan fingerprint density at radius 2 is 0.471 bits per heavy atom. The Hall–Kier alpha value is -8.22. The molecule has 0 saturated carbocycles. The standard InChI is InChI=1S/C64H40F6/c1-37-11-15-39(16-12-37)53-35-61-58-32-44(24-30-52(58)56(34-60(61)49-9-5-3-7-47(49)53)42-21-27-46(28-22-42)64(68,69)70)43-23-29-51-55(40-17-13-38(2)14-18-40)33-59-50-10-6-4-8-48(50)54(36-62(59)57(51)31-43)41-19-25-45(26-20-41)63(65,66)67/h3-36H,1-2H3. The van der Waals surface area contributed by atoms with E-state index in [1.807, 2.05) is 30.3 Å². The molecule has 12 aromatic carbocycles. The quantitative estimate of drug-likeness (QED) is 0.119. The first-order valence-electron chi connectivity index (χ1n) is 23.1. The maximum atomic E-state index is 13.9. The molecule has 0 spiro atoms. The summed E-state index contributed by atoms with van der Waals surface area (Å²) in [4.78, 5) is 0. The third kappa shape index (κ3) is 7.34. The third-order valence-corrected chi connectivity index (χ3v) is 14.1. The van der Waals surface area contributed by atoms with E-state index in [0.717, 1.165) is 145 Å². The van der Waals surface area contributed by atoms with Crippen LogP contribution in [0.4, 0.5) is 26.3 Å². The van der Waals surface area contributed by atoms with Gasteiger partial charge in [-0.15, -0.1) is 0 Å². The highest BCUT2D eigenvalue weighted by molar-refractivity contribution is 6.26. The zero-order chi connectivity index (χ0) is 48.1. The number of halogens is 6. The third-order valence-electron chi connectivity index (χ3n) is 14.1. The van der Waals surface area contributed by atoms with Crippen molar-refractivity contribution < 1.29 is 26.3 Å². The zero-order valence-electron chi connectivity index (χ0n) is 37.9. The highest BCUT2D eigenvalue weighted by atomic mass is 19.4. The number of aryl methyl sites for hydroxylation is 2. The lowest BCUT2D eigenvalue weighted by atomic mass is 9.85. The highest BCUT2D eigenvalue weighted by Gasteiger charge is 2.31. The fraction of sp³-hybridized carbons (Fsp3) is 0.0625. The topological polar surface area (TPSA) is 0 Å². The highest BCUT2D eigenvalue weighted by Crippen LogP contribution is 2.46. The molecule has 0 heterocycles. The van der Waals surface area contributed by atoms with E-state index in [4.69, 9.17) is 0 Å². The molecule has 0 nitrogen and oxygen atoms in total. The fourth-order valence-corrected chi connectivity index (χ4v) is 10.5. The molecule has 0 aromatic heterocycles. The zero-order valence-corrected chi connectivity index (χ0v) is 37.9. The van der Waals surface area contributed by atoms with E-state index < -0.39 is 23.5 Å². The Morgan fingerprint density at radius 3 is 0.786 bits per heavy atom. The molecule has 0 amide bonds. The molecule has 12 aromatic rings. The molecule has 70 heavy (non-hydrogen) atoms. The average molecular weight is 923 g/mol. The summed E-state index contributed by atoms with van der Waals surface area (Å²) in [7, 11) is 0. The molecule has 0 N–H and O–H groups in total. The van der Waals surface area contributed by atoms with Gasteiger partial charge in [-0.1, -0.05) is 157 Å². The summed E-state index contributed by atoms with van der Waals surface area (Å²) < 4.78 is 82.9. The first-order chi connectivity index (χ1) is 33.8. The van der Waals surface area contributed by atoms with Crippen molar-refractivity contribution in [2.45, 2.75) is 26.2 Å². The summed E-state index contributed by atoms with van der Waals surface area (Å²) in [5, 5.41) is 11.9. The van der Waals surface area contributed by atoms with E-state index in [2.05, 4.69) is 141 Å². The summed E-state index contributed by atoms with van der Waals surface area (Å²) >= 11 is 0. The van der Waals surface area contributed by atoms with Crippen molar-refractivity contribution >= 4 is 64.6 Å². The Balaban J connectivity index is 1.14. The monoisotopic (exact) mass is 922 g/mol. The number of hydrogen-bond acceptors (Lipinski definition) is 0. The molecule has 0 bridgehead atoms. The molecule has 0 radical (unpaired) electrons. The minimum absolute atomic E-state index is 0.677. The van der Waals surface area contributed by atoms with Crippen molar-refractivity contribution in [2.75, 3.05) is 0 Å². The van der Waals surface area contributed by atoms with Crippen molar-refractivity contribution in [3.63, 3.8) is 0 Å². The van der Waals surface area contributed by atoms with Gasteiger partial charge in [-0.05, 0) is 195 Å². The van der Waals surface area contributed by atoms with E-state index in [1.54, 1.807) is 24.3 Å². The summed E-state index contributed by atoms with van der Waals surface area (Å²) in [5.41, 5.74) is 10.1. The number of fused-ring (bicyclic) bond motifs is 10. The molecule has 338 valence electrons. The predicted octanol–water partition coefficient (Wildman–Crippen LogP) is 19.6. The molecule has 0 aliphatic rings. The largest absolute Gasteiger partial charge is 0.416 e. The van der Waals surface area contributed by atoms with Gasteiger partial charge in [0, 0.05) is 0 Å². The van der Waals surface area contributed by atoms with Crippen LogP contribution in [0.3, 0.4) is 0 Å². The maximum absolute atomic E-state index is 13.9. The van der Waals surface area contributed by atoms with Crippen molar-refractivity contribution in [1.29, 1.82) is 0 Å².